The van der Waals surface area contributed by atoms with E-state index in [0.717, 1.165) is 18.7 Å². The van der Waals surface area contributed by atoms with Crippen molar-refractivity contribution in [1.29, 1.82) is 0 Å². The van der Waals surface area contributed by atoms with Crippen molar-refractivity contribution >= 4 is 17.4 Å². The number of benzene rings is 2. The monoisotopic (exact) mass is 508 g/mol. The number of ether oxygens (including phenoxy) is 3. The highest BCUT2D eigenvalue weighted by Crippen LogP contribution is 2.40. The van der Waals surface area contributed by atoms with Crippen LogP contribution in [0.25, 0.3) is 5.76 Å². The molecule has 1 unspecified atom stereocenters. The number of nitrogens with zero attached hydrogens (tertiary/aromatic N) is 2. The van der Waals surface area contributed by atoms with Gasteiger partial charge in [-0.3, -0.25) is 14.5 Å². The van der Waals surface area contributed by atoms with E-state index < -0.39 is 17.7 Å². The Morgan fingerprint density at radius 3 is 2.22 bits per heavy atom. The van der Waals surface area contributed by atoms with Crippen molar-refractivity contribution in [3.8, 4) is 11.5 Å². The predicted octanol–water partition coefficient (Wildman–Crippen LogP) is 3.87. The van der Waals surface area contributed by atoms with Crippen LogP contribution in [0.3, 0.4) is 0 Å². The van der Waals surface area contributed by atoms with Gasteiger partial charge in [0.2, 0.25) is 0 Å². The first-order valence-corrected chi connectivity index (χ1v) is 12.9. The highest BCUT2D eigenvalue weighted by molar-refractivity contribution is 6.46. The number of hydrogen-bond donors (Lipinski definition) is 1. The molecule has 2 aromatic rings. The normalized spacial score (nSPS) is 20.0. The molecule has 0 bridgehead atoms. The number of Topliss-reactive ketones (excluding diaryl/α,β-unsaturated/α-hetero) is 1. The molecule has 8 heteroatoms. The molecule has 0 saturated carbocycles. The van der Waals surface area contributed by atoms with Crippen LogP contribution in [-0.4, -0.2) is 79.2 Å². The highest BCUT2D eigenvalue weighted by Gasteiger charge is 2.46. The summed E-state index contributed by atoms with van der Waals surface area (Å²) in [4.78, 5) is 30.3. The van der Waals surface area contributed by atoms with Gasteiger partial charge in [0.05, 0.1) is 38.0 Å². The summed E-state index contributed by atoms with van der Waals surface area (Å²) in [5.74, 6) is 0.286. The summed E-state index contributed by atoms with van der Waals surface area (Å²) in [5, 5.41) is 11.3. The fraction of sp³-hybridized carbons (Fsp3) is 0.448. The van der Waals surface area contributed by atoms with Gasteiger partial charge in [0.15, 0.2) is 0 Å². The molecule has 0 aromatic heterocycles. The molecule has 0 radical (unpaired) electrons. The third kappa shape index (κ3) is 6.32. The van der Waals surface area contributed by atoms with Crippen molar-refractivity contribution in [2.75, 3.05) is 52.6 Å². The Morgan fingerprint density at radius 2 is 1.59 bits per heavy atom. The van der Waals surface area contributed by atoms with Gasteiger partial charge in [0.25, 0.3) is 11.7 Å². The number of likely N-dealkylation sites (tertiary alicyclic amines) is 1. The van der Waals surface area contributed by atoms with Crippen LogP contribution >= 0.6 is 0 Å². The molecule has 0 spiro atoms. The molecule has 2 saturated heterocycles. The molecule has 4 rings (SSSR count). The minimum atomic E-state index is -0.700. The maximum Gasteiger partial charge on any atom is 0.295 e. The Hall–Kier alpha value is -3.36. The molecule has 0 aliphatic carbocycles. The summed E-state index contributed by atoms with van der Waals surface area (Å²) in [6, 6.07) is 13.6. The van der Waals surface area contributed by atoms with E-state index in [1.807, 2.05) is 31.2 Å². The lowest BCUT2D eigenvalue weighted by Gasteiger charge is -2.31. The van der Waals surface area contributed by atoms with Gasteiger partial charge in [-0.05, 0) is 54.8 Å². The quantitative estimate of drug-likeness (QED) is 0.296. The van der Waals surface area contributed by atoms with E-state index in [1.54, 1.807) is 29.2 Å². The van der Waals surface area contributed by atoms with E-state index in [-0.39, 0.29) is 11.3 Å². The summed E-state index contributed by atoms with van der Waals surface area (Å²) in [6.45, 7) is 11.0. The zero-order valence-electron chi connectivity index (χ0n) is 21.8. The largest absolute Gasteiger partial charge is 0.507 e. The van der Waals surface area contributed by atoms with Crippen molar-refractivity contribution in [1.82, 2.24) is 9.80 Å². The molecule has 2 heterocycles. The van der Waals surface area contributed by atoms with Crippen LogP contribution in [0.4, 0.5) is 0 Å². The van der Waals surface area contributed by atoms with Gasteiger partial charge >= 0.3 is 0 Å². The zero-order chi connectivity index (χ0) is 26.4. The van der Waals surface area contributed by atoms with Gasteiger partial charge < -0.3 is 24.2 Å². The molecule has 1 N–H and O–H groups in total. The van der Waals surface area contributed by atoms with Crippen LogP contribution < -0.4 is 9.47 Å². The van der Waals surface area contributed by atoms with Crippen molar-refractivity contribution < 1.29 is 28.9 Å². The van der Waals surface area contributed by atoms with Gasteiger partial charge in [-0.2, -0.15) is 0 Å². The number of morpholine rings is 1. The lowest BCUT2D eigenvalue weighted by Crippen LogP contribution is -2.42. The molecule has 1 amide bonds. The van der Waals surface area contributed by atoms with Crippen LogP contribution in [0.2, 0.25) is 0 Å². The molecular formula is C29H36N2O6. The van der Waals surface area contributed by atoms with Crippen molar-refractivity contribution in [2.24, 2.45) is 5.92 Å². The number of hydrogen-bond acceptors (Lipinski definition) is 7. The smallest absolute Gasteiger partial charge is 0.295 e. The Bertz CT molecular complexity index is 1100. The van der Waals surface area contributed by atoms with E-state index in [1.165, 1.54) is 0 Å². The Labute approximate surface area is 218 Å². The summed E-state index contributed by atoms with van der Waals surface area (Å²) < 4.78 is 16.7. The molecule has 1 atom stereocenters. The SMILES string of the molecule is CCOc1ccc(C2/C(=C(/O)c3ccc(OCC(C)C)cc3)C(=O)C(=O)N2CCN2CCOCC2)cc1. The first-order valence-electron chi connectivity index (χ1n) is 12.9. The third-order valence-electron chi connectivity index (χ3n) is 6.52. The van der Waals surface area contributed by atoms with Gasteiger partial charge in [0, 0.05) is 31.7 Å². The van der Waals surface area contributed by atoms with Crippen molar-refractivity contribution in [2.45, 2.75) is 26.8 Å². The minimum absolute atomic E-state index is 0.0898. The fourth-order valence-electron chi connectivity index (χ4n) is 4.57. The number of amides is 1. The van der Waals surface area contributed by atoms with Gasteiger partial charge in [-0.1, -0.05) is 26.0 Å². The lowest BCUT2D eigenvalue weighted by atomic mass is 9.95. The van der Waals surface area contributed by atoms with Crippen LogP contribution in [0.1, 0.15) is 37.9 Å². The van der Waals surface area contributed by atoms with Crippen LogP contribution in [-0.2, 0) is 14.3 Å². The second-order valence-corrected chi connectivity index (χ2v) is 9.68. The number of aliphatic hydroxyl groups is 1. The molecule has 2 aromatic carbocycles. The summed E-state index contributed by atoms with van der Waals surface area (Å²) in [5.41, 5.74) is 1.29. The third-order valence-corrected chi connectivity index (χ3v) is 6.52. The molecule has 198 valence electrons. The van der Waals surface area contributed by atoms with E-state index >= 15 is 0 Å². The molecule has 37 heavy (non-hydrogen) atoms. The maximum absolute atomic E-state index is 13.3. The Balaban J connectivity index is 1.66. The standard InChI is InChI=1S/C29H36N2O6/c1-4-36-23-9-5-21(6-10-23)26-25(27(32)22-7-11-24(12-8-22)37-19-20(2)3)28(33)29(34)31(26)14-13-30-15-17-35-18-16-30/h5-12,20,26,32H,4,13-19H2,1-3H3/b27-25-. The zero-order valence-corrected chi connectivity index (χ0v) is 21.8. The molecular weight excluding hydrogens is 472 g/mol. The van der Waals surface area contributed by atoms with Crippen molar-refractivity contribution in [3.05, 3.63) is 65.2 Å². The average molecular weight is 509 g/mol. The maximum atomic E-state index is 13.3. The topological polar surface area (TPSA) is 88.5 Å². The number of carbonyl (C=O) groups is 2. The average Bonchev–Trinajstić information content (AvgIpc) is 3.17. The number of rotatable bonds is 10. The molecule has 2 fully saturated rings. The molecule has 2 aliphatic rings. The molecule has 2 aliphatic heterocycles. The summed E-state index contributed by atoms with van der Waals surface area (Å²) in [6.07, 6.45) is 0. The van der Waals surface area contributed by atoms with Gasteiger partial charge in [-0.15, -0.1) is 0 Å². The molecule has 8 nitrogen and oxygen atoms in total. The van der Waals surface area contributed by atoms with Crippen molar-refractivity contribution in [3.63, 3.8) is 0 Å². The lowest BCUT2D eigenvalue weighted by molar-refractivity contribution is -0.140. The van der Waals surface area contributed by atoms with Crippen LogP contribution in [0.5, 0.6) is 11.5 Å². The van der Waals surface area contributed by atoms with Gasteiger partial charge in [0.1, 0.15) is 17.3 Å². The second-order valence-electron chi connectivity index (χ2n) is 9.68. The number of ketones is 1. The Kier molecular flexibility index (Phi) is 8.84. The van der Waals surface area contributed by atoms with E-state index in [2.05, 4.69) is 18.7 Å². The van der Waals surface area contributed by atoms with E-state index in [9.17, 15) is 14.7 Å². The first kappa shape index (κ1) is 26.7. The Morgan fingerprint density at radius 1 is 0.973 bits per heavy atom. The van der Waals surface area contributed by atoms with E-state index in [0.29, 0.717) is 62.5 Å². The van der Waals surface area contributed by atoms with Gasteiger partial charge in [-0.25, -0.2) is 0 Å². The number of aliphatic hydroxyl groups excluding tert-OH is 1. The second kappa shape index (κ2) is 12.3. The van der Waals surface area contributed by atoms with Crippen LogP contribution in [0.15, 0.2) is 54.1 Å². The minimum Gasteiger partial charge on any atom is -0.507 e. The summed E-state index contributed by atoms with van der Waals surface area (Å²) >= 11 is 0. The van der Waals surface area contributed by atoms with E-state index in [4.69, 9.17) is 14.2 Å². The number of carbonyl (C=O) groups excluding carboxylic acids is 2. The fourth-order valence-corrected chi connectivity index (χ4v) is 4.57. The predicted molar refractivity (Wildman–Crippen MR) is 141 cm³/mol. The summed E-state index contributed by atoms with van der Waals surface area (Å²) in [7, 11) is 0. The van der Waals surface area contributed by atoms with Crippen LogP contribution in [0, 0.1) is 5.92 Å². The highest BCUT2D eigenvalue weighted by atomic mass is 16.5. The first-order chi connectivity index (χ1) is 17.9.